The van der Waals surface area contributed by atoms with Gasteiger partial charge in [0.1, 0.15) is 0 Å². The van der Waals surface area contributed by atoms with E-state index in [9.17, 15) is 4.79 Å². The van der Waals surface area contributed by atoms with Crippen LogP contribution >= 0.6 is 11.8 Å². The van der Waals surface area contributed by atoms with Crippen LogP contribution in [-0.2, 0) is 9.53 Å². The van der Waals surface area contributed by atoms with Crippen molar-refractivity contribution < 1.29 is 9.53 Å². The first-order chi connectivity index (χ1) is 9.04. The molecular formula is C15H21NO2S. The third-order valence-electron chi connectivity index (χ3n) is 3.16. The second-order valence-electron chi connectivity index (χ2n) is 5.16. The molecule has 0 aromatic heterocycles. The van der Waals surface area contributed by atoms with Crippen molar-refractivity contribution in [2.24, 2.45) is 0 Å². The van der Waals surface area contributed by atoms with Crippen molar-refractivity contribution in [3.05, 3.63) is 29.8 Å². The van der Waals surface area contributed by atoms with Gasteiger partial charge in [-0.1, -0.05) is 17.7 Å². The average molecular weight is 279 g/mol. The Morgan fingerprint density at radius 3 is 2.42 bits per heavy atom. The molecule has 0 aliphatic carbocycles. The number of nitrogens with zero attached hydrogens (tertiary/aromatic N) is 1. The maximum atomic E-state index is 12.2. The van der Waals surface area contributed by atoms with Gasteiger partial charge < -0.3 is 9.64 Å². The lowest BCUT2D eigenvalue weighted by Crippen LogP contribution is -2.48. The number of ether oxygens (including phenoxy) is 1. The fourth-order valence-corrected chi connectivity index (χ4v) is 3.05. The summed E-state index contributed by atoms with van der Waals surface area (Å²) in [4.78, 5) is 15.2. The van der Waals surface area contributed by atoms with Gasteiger partial charge in [-0.15, -0.1) is 11.8 Å². The van der Waals surface area contributed by atoms with Gasteiger partial charge in [-0.05, 0) is 32.9 Å². The molecule has 3 nitrogen and oxygen atoms in total. The highest BCUT2D eigenvalue weighted by molar-refractivity contribution is 8.00. The second-order valence-corrected chi connectivity index (χ2v) is 6.21. The van der Waals surface area contributed by atoms with Crippen LogP contribution in [0.4, 0.5) is 0 Å². The zero-order valence-corrected chi connectivity index (χ0v) is 12.6. The number of carbonyl (C=O) groups is 1. The molecule has 0 saturated carbocycles. The number of benzene rings is 1. The van der Waals surface area contributed by atoms with E-state index < -0.39 is 0 Å². The summed E-state index contributed by atoms with van der Waals surface area (Å²) in [6.07, 6.45) is 0.272. The van der Waals surface area contributed by atoms with Crippen LogP contribution in [0.1, 0.15) is 19.4 Å². The summed E-state index contributed by atoms with van der Waals surface area (Å²) in [7, 11) is 0. The van der Waals surface area contributed by atoms with Crippen LogP contribution in [0, 0.1) is 6.92 Å². The molecule has 0 N–H and O–H groups in total. The van der Waals surface area contributed by atoms with Crippen molar-refractivity contribution in [3.8, 4) is 0 Å². The van der Waals surface area contributed by atoms with E-state index >= 15 is 0 Å². The van der Waals surface area contributed by atoms with Gasteiger partial charge in [0.2, 0.25) is 5.91 Å². The number of hydrogen-bond acceptors (Lipinski definition) is 3. The first-order valence-electron chi connectivity index (χ1n) is 6.67. The summed E-state index contributed by atoms with van der Waals surface area (Å²) in [5, 5.41) is 0. The average Bonchev–Trinajstić information content (AvgIpc) is 2.36. The van der Waals surface area contributed by atoms with Crippen LogP contribution < -0.4 is 0 Å². The number of thioether (sulfide) groups is 1. The van der Waals surface area contributed by atoms with E-state index in [0.717, 1.165) is 4.90 Å². The molecule has 1 aliphatic rings. The molecule has 4 heteroatoms. The smallest absolute Gasteiger partial charge is 0.233 e. The van der Waals surface area contributed by atoms with Crippen LogP contribution in [0.15, 0.2) is 29.2 Å². The van der Waals surface area contributed by atoms with E-state index in [-0.39, 0.29) is 18.1 Å². The first kappa shape index (κ1) is 14.4. The summed E-state index contributed by atoms with van der Waals surface area (Å²) >= 11 is 1.60. The van der Waals surface area contributed by atoms with Gasteiger partial charge in [0.05, 0.1) is 18.0 Å². The molecule has 1 heterocycles. The highest BCUT2D eigenvalue weighted by Gasteiger charge is 2.25. The summed E-state index contributed by atoms with van der Waals surface area (Å²) in [5.74, 6) is 0.704. The molecule has 1 saturated heterocycles. The maximum absolute atomic E-state index is 12.2. The predicted octanol–water partition coefficient (Wildman–Crippen LogP) is 2.72. The summed E-state index contributed by atoms with van der Waals surface area (Å²) in [6, 6.07) is 8.28. The van der Waals surface area contributed by atoms with E-state index in [1.54, 1.807) is 11.8 Å². The number of carbonyl (C=O) groups excluding carboxylic acids is 1. The zero-order valence-electron chi connectivity index (χ0n) is 11.8. The number of aryl methyl sites for hydroxylation is 1. The van der Waals surface area contributed by atoms with Crippen LogP contribution in [0.5, 0.6) is 0 Å². The topological polar surface area (TPSA) is 29.5 Å². The van der Waals surface area contributed by atoms with Gasteiger partial charge in [-0.3, -0.25) is 4.79 Å². The van der Waals surface area contributed by atoms with Crippen molar-refractivity contribution in [2.45, 2.75) is 37.9 Å². The molecule has 0 radical (unpaired) electrons. The fraction of sp³-hybridized carbons (Fsp3) is 0.533. The standard InChI is InChI=1S/C15H21NO2S/c1-11-4-6-14(7-5-11)19-10-15(17)16-8-12(2)18-13(3)9-16/h4-7,12-13H,8-10H2,1-3H3/t12-,13-/m1/s1. The molecule has 1 aliphatic heterocycles. The summed E-state index contributed by atoms with van der Waals surface area (Å²) < 4.78 is 5.64. The lowest BCUT2D eigenvalue weighted by Gasteiger charge is -2.35. The van der Waals surface area contributed by atoms with Crippen molar-refractivity contribution in [2.75, 3.05) is 18.8 Å². The van der Waals surface area contributed by atoms with Crippen LogP contribution in [0.25, 0.3) is 0 Å². The molecule has 1 fully saturated rings. The van der Waals surface area contributed by atoms with Crippen molar-refractivity contribution in [1.82, 2.24) is 4.90 Å². The van der Waals surface area contributed by atoms with Crippen molar-refractivity contribution in [3.63, 3.8) is 0 Å². The monoisotopic (exact) mass is 279 g/mol. The predicted molar refractivity (Wildman–Crippen MR) is 78.5 cm³/mol. The fourth-order valence-electron chi connectivity index (χ4n) is 2.25. The summed E-state index contributed by atoms with van der Waals surface area (Å²) in [6.45, 7) is 7.51. The third-order valence-corrected chi connectivity index (χ3v) is 4.15. The minimum Gasteiger partial charge on any atom is -0.372 e. The van der Waals surface area contributed by atoms with E-state index in [2.05, 4.69) is 31.2 Å². The van der Waals surface area contributed by atoms with Crippen molar-refractivity contribution in [1.29, 1.82) is 0 Å². The van der Waals surface area contributed by atoms with E-state index in [0.29, 0.717) is 18.8 Å². The van der Waals surface area contributed by atoms with Gasteiger partial charge in [0.15, 0.2) is 0 Å². The number of morpholine rings is 1. The molecule has 19 heavy (non-hydrogen) atoms. The Balaban J connectivity index is 1.85. The Kier molecular flexibility index (Phi) is 4.88. The molecule has 104 valence electrons. The van der Waals surface area contributed by atoms with Crippen LogP contribution in [-0.4, -0.2) is 41.9 Å². The Hall–Kier alpha value is -1.00. The van der Waals surface area contributed by atoms with E-state index in [1.165, 1.54) is 5.56 Å². The third kappa shape index (κ3) is 4.25. The normalized spacial score (nSPS) is 23.4. The highest BCUT2D eigenvalue weighted by Crippen LogP contribution is 2.20. The second kappa shape index (κ2) is 6.44. The number of amides is 1. The molecule has 0 unspecified atom stereocenters. The van der Waals surface area contributed by atoms with Gasteiger partial charge in [0.25, 0.3) is 0 Å². The Morgan fingerprint density at radius 1 is 1.26 bits per heavy atom. The molecular weight excluding hydrogens is 258 g/mol. The molecule has 2 atom stereocenters. The van der Waals surface area contributed by atoms with Gasteiger partial charge in [-0.2, -0.15) is 0 Å². The van der Waals surface area contributed by atoms with E-state index in [1.807, 2.05) is 18.7 Å². The van der Waals surface area contributed by atoms with E-state index in [4.69, 9.17) is 4.74 Å². The van der Waals surface area contributed by atoms with Crippen molar-refractivity contribution >= 4 is 17.7 Å². The Bertz CT molecular complexity index is 422. The number of hydrogen-bond donors (Lipinski definition) is 0. The Labute approximate surface area is 119 Å². The maximum Gasteiger partial charge on any atom is 0.233 e. The van der Waals surface area contributed by atoms with Crippen LogP contribution in [0.2, 0.25) is 0 Å². The lowest BCUT2D eigenvalue weighted by molar-refractivity contribution is -0.140. The quantitative estimate of drug-likeness (QED) is 0.797. The SMILES string of the molecule is Cc1ccc(SCC(=O)N2C[C@@H](C)O[C@H](C)C2)cc1. The largest absolute Gasteiger partial charge is 0.372 e. The molecule has 1 aromatic carbocycles. The molecule has 1 aromatic rings. The zero-order chi connectivity index (χ0) is 13.8. The number of rotatable bonds is 3. The first-order valence-corrected chi connectivity index (χ1v) is 7.66. The van der Waals surface area contributed by atoms with Gasteiger partial charge >= 0.3 is 0 Å². The summed E-state index contributed by atoms with van der Waals surface area (Å²) in [5.41, 5.74) is 1.24. The van der Waals surface area contributed by atoms with Gasteiger partial charge in [0, 0.05) is 18.0 Å². The lowest BCUT2D eigenvalue weighted by atomic mass is 10.2. The molecule has 0 bridgehead atoms. The minimum absolute atomic E-state index is 0.136. The minimum atomic E-state index is 0.136. The van der Waals surface area contributed by atoms with Crippen LogP contribution in [0.3, 0.4) is 0 Å². The van der Waals surface area contributed by atoms with Gasteiger partial charge in [-0.25, -0.2) is 0 Å². The Morgan fingerprint density at radius 2 is 1.84 bits per heavy atom. The molecule has 0 spiro atoms. The molecule has 2 rings (SSSR count). The highest BCUT2D eigenvalue weighted by atomic mass is 32.2. The molecule has 1 amide bonds.